The zero-order valence-electron chi connectivity index (χ0n) is 5.95. The van der Waals surface area contributed by atoms with Crippen molar-refractivity contribution in [2.24, 2.45) is 0 Å². The minimum Gasteiger partial charge on any atom is -0.368 e. The predicted octanol–water partition coefficient (Wildman–Crippen LogP) is 2.31. The maximum atomic E-state index is 6.79. The van der Waals surface area contributed by atoms with Crippen LogP contribution in [0.5, 0.6) is 0 Å². The minimum atomic E-state index is 0.261. The first kappa shape index (κ1) is 6.38. The maximum Gasteiger partial charge on any atom is 0.187 e. The van der Waals surface area contributed by atoms with E-state index in [4.69, 9.17) is 11.3 Å². The van der Waals surface area contributed by atoms with E-state index in [2.05, 4.69) is 4.85 Å². The summed E-state index contributed by atoms with van der Waals surface area (Å²) in [6.45, 7) is 7.59. The molecule has 2 heteroatoms. The van der Waals surface area contributed by atoms with Crippen molar-refractivity contribution >= 4 is 5.69 Å². The van der Waals surface area contributed by atoms with Crippen molar-refractivity contribution in [1.82, 2.24) is 0 Å². The topological polar surface area (TPSA) is 16.9 Å². The average Bonchev–Trinajstić information content (AvgIpc) is 2.87. The van der Waals surface area contributed by atoms with E-state index < -0.39 is 0 Å². The number of benzene rings is 1. The van der Waals surface area contributed by atoms with E-state index in [0.717, 1.165) is 12.2 Å². The molecule has 1 aliphatic rings. The molecule has 11 heavy (non-hydrogen) atoms. The Morgan fingerprint density at radius 2 is 2.36 bits per heavy atom. The Labute approximate surface area is 65.2 Å². The van der Waals surface area contributed by atoms with Crippen LogP contribution in [0.1, 0.15) is 11.7 Å². The normalized spacial score (nSPS) is 20.8. The fraction of sp³-hybridized carbons (Fsp3) is 0.222. The fourth-order valence-corrected chi connectivity index (χ4v) is 1.04. The van der Waals surface area contributed by atoms with Gasteiger partial charge in [-0.3, -0.25) is 0 Å². The van der Waals surface area contributed by atoms with E-state index in [-0.39, 0.29) is 6.10 Å². The number of hydrogen-bond donors (Lipinski definition) is 0. The predicted molar refractivity (Wildman–Crippen MR) is 41.4 cm³/mol. The van der Waals surface area contributed by atoms with Crippen LogP contribution in [0.2, 0.25) is 0 Å². The molecular formula is C9H7NO. The molecule has 0 saturated carbocycles. The molecule has 1 aromatic rings. The van der Waals surface area contributed by atoms with Crippen molar-refractivity contribution < 1.29 is 4.74 Å². The van der Waals surface area contributed by atoms with E-state index in [1.54, 1.807) is 6.07 Å². The van der Waals surface area contributed by atoms with Crippen molar-refractivity contribution in [3.05, 3.63) is 41.2 Å². The Morgan fingerprint density at radius 1 is 1.55 bits per heavy atom. The third-order valence-corrected chi connectivity index (χ3v) is 1.70. The minimum absolute atomic E-state index is 0.261. The van der Waals surface area contributed by atoms with Gasteiger partial charge in [0, 0.05) is 0 Å². The van der Waals surface area contributed by atoms with Crippen molar-refractivity contribution in [2.45, 2.75) is 6.10 Å². The summed E-state index contributed by atoms with van der Waals surface area (Å²) in [5.74, 6) is 0. The van der Waals surface area contributed by atoms with Gasteiger partial charge in [-0.1, -0.05) is 24.3 Å². The van der Waals surface area contributed by atoms with Crippen LogP contribution >= 0.6 is 0 Å². The lowest BCUT2D eigenvalue weighted by molar-refractivity contribution is 0.416. The van der Waals surface area contributed by atoms with Gasteiger partial charge in [0.1, 0.15) is 6.10 Å². The Bertz CT molecular complexity index is 310. The first-order valence-corrected chi connectivity index (χ1v) is 3.49. The third kappa shape index (κ3) is 1.24. The summed E-state index contributed by atoms with van der Waals surface area (Å²) in [6.07, 6.45) is 0.261. The Hall–Kier alpha value is -1.33. The summed E-state index contributed by atoms with van der Waals surface area (Å²) in [6, 6.07) is 7.57. The molecule has 1 fully saturated rings. The van der Waals surface area contributed by atoms with Gasteiger partial charge in [-0.05, 0) is 5.56 Å². The zero-order chi connectivity index (χ0) is 7.68. The monoisotopic (exact) mass is 145 g/mol. The Balaban J connectivity index is 2.35. The number of hydrogen-bond acceptors (Lipinski definition) is 1. The van der Waals surface area contributed by atoms with Crippen LogP contribution in [0.4, 0.5) is 5.69 Å². The maximum absolute atomic E-state index is 6.79. The molecule has 2 rings (SSSR count). The molecule has 1 atom stereocenters. The van der Waals surface area contributed by atoms with Crippen LogP contribution in [0.25, 0.3) is 4.85 Å². The molecule has 1 aromatic carbocycles. The highest BCUT2D eigenvalue weighted by molar-refractivity contribution is 5.47. The van der Waals surface area contributed by atoms with Crippen molar-refractivity contribution in [2.75, 3.05) is 6.61 Å². The molecule has 1 unspecified atom stereocenters. The first-order chi connectivity index (χ1) is 5.40. The first-order valence-electron chi connectivity index (χ1n) is 3.49. The van der Waals surface area contributed by atoms with Crippen molar-refractivity contribution in [3.8, 4) is 0 Å². The number of nitrogens with zero attached hydrogens (tertiary/aromatic N) is 1. The van der Waals surface area contributed by atoms with Gasteiger partial charge < -0.3 is 4.74 Å². The average molecular weight is 145 g/mol. The largest absolute Gasteiger partial charge is 0.368 e. The third-order valence-electron chi connectivity index (χ3n) is 1.70. The van der Waals surface area contributed by atoms with E-state index in [1.807, 2.05) is 18.2 Å². The second kappa shape index (κ2) is 2.37. The van der Waals surface area contributed by atoms with Crippen LogP contribution in [-0.4, -0.2) is 6.61 Å². The molecule has 2 nitrogen and oxygen atoms in total. The summed E-state index contributed by atoms with van der Waals surface area (Å²) in [5.41, 5.74) is 1.82. The highest BCUT2D eigenvalue weighted by atomic mass is 16.6. The van der Waals surface area contributed by atoms with Gasteiger partial charge >= 0.3 is 0 Å². The fourth-order valence-electron chi connectivity index (χ4n) is 1.04. The molecule has 0 spiro atoms. The quantitative estimate of drug-likeness (QED) is 0.437. The van der Waals surface area contributed by atoms with Gasteiger partial charge in [-0.2, -0.15) is 0 Å². The molecular weight excluding hydrogens is 138 g/mol. The molecule has 0 aromatic heterocycles. The van der Waals surface area contributed by atoms with Gasteiger partial charge in [0.2, 0.25) is 0 Å². The number of ether oxygens (including phenoxy) is 1. The second-order valence-corrected chi connectivity index (χ2v) is 2.53. The molecule has 0 N–H and O–H groups in total. The molecule has 54 valence electrons. The lowest BCUT2D eigenvalue weighted by atomic mass is 10.1. The lowest BCUT2D eigenvalue weighted by Gasteiger charge is -1.94. The number of epoxide rings is 1. The lowest BCUT2D eigenvalue weighted by Crippen LogP contribution is -1.76. The van der Waals surface area contributed by atoms with Crippen molar-refractivity contribution in [1.29, 1.82) is 0 Å². The van der Waals surface area contributed by atoms with Crippen LogP contribution in [0.15, 0.2) is 24.3 Å². The van der Waals surface area contributed by atoms with Crippen LogP contribution in [0, 0.1) is 6.57 Å². The summed E-state index contributed by atoms with van der Waals surface area (Å²) in [7, 11) is 0. The second-order valence-electron chi connectivity index (χ2n) is 2.53. The highest BCUT2D eigenvalue weighted by Crippen LogP contribution is 2.31. The van der Waals surface area contributed by atoms with Gasteiger partial charge in [0.25, 0.3) is 0 Å². The summed E-state index contributed by atoms with van der Waals surface area (Å²) < 4.78 is 5.09. The molecule has 1 saturated heterocycles. The Morgan fingerprint density at radius 3 is 3.00 bits per heavy atom. The van der Waals surface area contributed by atoms with E-state index in [1.165, 1.54) is 0 Å². The van der Waals surface area contributed by atoms with E-state index >= 15 is 0 Å². The van der Waals surface area contributed by atoms with Crippen molar-refractivity contribution in [3.63, 3.8) is 0 Å². The summed E-state index contributed by atoms with van der Waals surface area (Å²) in [4.78, 5) is 3.34. The smallest absolute Gasteiger partial charge is 0.187 e. The summed E-state index contributed by atoms with van der Waals surface area (Å²) >= 11 is 0. The molecule has 1 heterocycles. The van der Waals surface area contributed by atoms with Crippen LogP contribution in [-0.2, 0) is 4.74 Å². The van der Waals surface area contributed by atoms with Gasteiger partial charge in [0.05, 0.1) is 13.2 Å². The van der Waals surface area contributed by atoms with Gasteiger partial charge in [-0.15, -0.1) is 0 Å². The van der Waals surface area contributed by atoms with Gasteiger partial charge in [-0.25, -0.2) is 4.85 Å². The van der Waals surface area contributed by atoms with E-state index in [9.17, 15) is 0 Å². The molecule has 1 aliphatic heterocycles. The highest BCUT2D eigenvalue weighted by Gasteiger charge is 2.24. The summed E-state index contributed by atoms with van der Waals surface area (Å²) in [5, 5.41) is 0. The standard InChI is InChI=1S/C9H7NO/c1-10-8-4-2-3-7(5-8)9-6-11-9/h2-5,9H,6H2. The zero-order valence-corrected chi connectivity index (χ0v) is 5.95. The van der Waals surface area contributed by atoms with Gasteiger partial charge in [0.15, 0.2) is 5.69 Å². The SMILES string of the molecule is [C-]#[N+]c1cccc(C2CO2)c1. The Kier molecular flexibility index (Phi) is 1.38. The van der Waals surface area contributed by atoms with Crippen LogP contribution in [0.3, 0.4) is 0 Å². The molecule has 0 aliphatic carbocycles. The molecule has 0 amide bonds. The molecule has 0 bridgehead atoms. The molecule has 0 radical (unpaired) electrons. The van der Waals surface area contributed by atoms with Crippen LogP contribution < -0.4 is 0 Å². The number of rotatable bonds is 1. The van der Waals surface area contributed by atoms with E-state index in [0.29, 0.717) is 5.69 Å².